The summed E-state index contributed by atoms with van der Waals surface area (Å²) in [4.78, 5) is 2.63. The minimum Gasteiger partial charge on any atom is -0.315 e. The third-order valence-electron chi connectivity index (χ3n) is 3.75. The molecule has 1 saturated heterocycles. The van der Waals surface area contributed by atoms with E-state index >= 15 is 0 Å². The molecule has 13 heavy (non-hydrogen) atoms. The fourth-order valence-electron chi connectivity index (χ4n) is 2.44. The van der Waals surface area contributed by atoms with Crippen LogP contribution in [0.2, 0.25) is 0 Å². The Kier molecular flexibility index (Phi) is 3.23. The maximum absolute atomic E-state index is 3.54. The van der Waals surface area contributed by atoms with Crippen LogP contribution in [0.4, 0.5) is 0 Å². The lowest BCUT2D eigenvalue weighted by atomic mass is 9.90. The van der Waals surface area contributed by atoms with Crippen molar-refractivity contribution in [3.8, 4) is 0 Å². The van der Waals surface area contributed by atoms with Crippen molar-refractivity contribution in [3.05, 3.63) is 0 Å². The summed E-state index contributed by atoms with van der Waals surface area (Å²) in [6.45, 7) is 2.45. The van der Waals surface area contributed by atoms with Crippen molar-refractivity contribution in [2.24, 2.45) is 0 Å². The van der Waals surface area contributed by atoms with Gasteiger partial charge in [-0.2, -0.15) is 0 Å². The number of hydrogen-bond acceptors (Lipinski definition) is 2. The van der Waals surface area contributed by atoms with E-state index in [-0.39, 0.29) is 0 Å². The number of hydrogen-bond donors (Lipinski definition) is 1. The average Bonchev–Trinajstić information content (AvgIpc) is 2.27. The largest absolute Gasteiger partial charge is 0.315 e. The molecule has 1 aliphatic carbocycles. The summed E-state index contributed by atoms with van der Waals surface area (Å²) in [5.74, 6) is 0. The van der Waals surface area contributed by atoms with Crippen LogP contribution < -0.4 is 5.32 Å². The highest BCUT2D eigenvalue weighted by Crippen LogP contribution is 2.26. The first kappa shape index (κ1) is 9.47. The zero-order valence-electron chi connectivity index (χ0n) is 8.76. The van der Waals surface area contributed by atoms with Crippen LogP contribution in [0.1, 0.15) is 38.5 Å². The lowest BCUT2D eigenvalue weighted by molar-refractivity contribution is 0.106. The molecule has 1 unspecified atom stereocenters. The Morgan fingerprint density at radius 3 is 2.46 bits per heavy atom. The van der Waals surface area contributed by atoms with Crippen molar-refractivity contribution in [1.82, 2.24) is 10.2 Å². The first-order valence-corrected chi connectivity index (χ1v) is 5.80. The van der Waals surface area contributed by atoms with Gasteiger partial charge in [0, 0.05) is 18.6 Å². The molecule has 1 N–H and O–H groups in total. The molecular weight excluding hydrogens is 160 g/mol. The van der Waals surface area contributed by atoms with Crippen LogP contribution in [0.25, 0.3) is 0 Å². The van der Waals surface area contributed by atoms with Gasteiger partial charge in [0.2, 0.25) is 0 Å². The van der Waals surface area contributed by atoms with Crippen molar-refractivity contribution in [2.75, 3.05) is 20.1 Å². The van der Waals surface area contributed by atoms with E-state index in [1.807, 2.05) is 0 Å². The van der Waals surface area contributed by atoms with Gasteiger partial charge >= 0.3 is 0 Å². The lowest BCUT2D eigenvalue weighted by Crippen LogP contribution is -2.47. The van der Waals surface area contributed by atoms with Crippen molar-refractivity contribution < 1.29 is 0 Å². The fraction of sp³-hybridized carbons (Fsp3) is 1.00. The first-order valence-electron chi connectivity index (χ1n) is 5.80. The van der Waals surface area contributed by atoms with E-state index in [1.165, 1.54) is 51.6 Å². The van der Waals surface area contributed by atoms with Crippen LogP contribution in [-0.2, 0) is 0 Å². The second-order valence-electron chi connectivity index (χ2n) is 4.60. The standard InChI is InChI=1S/C11H22N2/c1-13(10-6-4-7-10)11-5-2-3-8-12-9-11/h10-12H,2-9H2,1H3. The fourth-order valence-corrected chi connectivity index (χ4v) is 2.44. The highest BCUT2D eigenvalue weighted by atomic mass is 15.2. The van der Waals surface area contributed by atoms with Crippen molar-refractivity contribution in [2.45, 2.75) is 50.6 Å². The normalized spacial score (nSPS) is 31.4. The van der Waals surface area contributed by atoms with Gasteiger partial charge in [0.1, 0.15) is 0 Å². The van der Waals surface area contributed by atoms with Crippen LogP contribution in [-0.4, -0.2) is 37.1 Å². The lowest BCUT2D eigenvalue weighted by Gasteiger charge is -2.39. The van der Waals surface area contributed by atoms with Gasteiger partial charge in [0.15, 0.2) is 0 Å². The number of likely N-dealkylation sites (N-methyl/N-ethyl adjacent to an activating group) is 1. The molecule has 0 bridgehead atoms. The Hall–Kier alpha value is -0.0800. The molecule has 2 aliphatic rings. The maximum atomic E-state index is 3.54. The second kappa shape index (κ2) is 4.43. The predicted octanol–water partition coefficient (Wildman–Crippen LogP) is 1.61. The third-order valence-corrected chi connectivity index (χ3v) is 3.75. The molecule has 2 rings (SSSR count). The summed E-state index contributed by atoms with van der Waals surface area (Å²) in [6.07, 6.45) is 8.51. The molecule has 76 valence electrons. The van der Waals surface area contributed by atoms with E-state index in [0.717, 1.165) is 12.1 Å². The van der Waals surface area contributed by atoms with Crippen molar-refractivity contribution in [1.29, 1.82) is 0 Å². The number of nitrogens with zero attached hydrogens (tertiary/aromatic N) is 1. The Balaban J connectivity index is 1.82. The molecule has 0 spiro atoms. The minimum atomic E-state index is 0.813. The summed E-state index contributed by atoms with van der Waals surface area (Å²) in [5.41, 5.74) is 0. The van der Waals surface area contributed by atoms with E-state index in [9.17, 15) is 0 Å². The summed E-state index contributed by atoms with van der Waals surface area (Å²) in [7, 11) is 2.32. The van der Waals surface area contributed by atoms with Crippen LogP contribution in [0.5, 0.6) is 0 Å². The number of nitrogens with one attached hydrogen (secondary N) is 1. The molecule has 0 aromatic rings. The molecule has 1 atom stereocenters. The van der Waals surface area contributed by atoms with Gasteiger partial charge in [-0.15, -0.1) is 0 Å². The predicted molar refractivity (Wildman–Crippen MR) is 55.9 cm³/mol. The van der Waals surface area contributed by atoms with Gasteiger partial charge in [-0.25, -0.2) is 0 Å². The average molecular weight is 182 g/mol. The summed E-state index contributed by atoms with van der Waals surface area (Å²) in [6, 6.07) is 1.72. The molecule has 1 saturated carbocycles. The van der Waals surface area contributed by atoms with Crippen molar-refractivity contribution in [3.63, 3.8) is 0 Å². The monoisotopic (exact) mass is 182 g/mol. The zero-order chi connectivity index (χ0) is 9.10. The number of rotatable bonds is 2. The van der Waals surface area contributed by atoms with Gasteiger partial charge in [0.25, 0.3) is 0 Å². The molecule has 2 fully saturated rings. The minimum absolute atomic E-state index is 0.813. The maximum Gasteiger partial charge on any atom is 0.0220 e. The summed E-state index contributed by atoms with van der Waals surface area (Å²) < 4.78 is 0. The highest BCUT2D eigenvalue weighted by molar-refractivity contribution is 4.84. The molecule has 0 amide bonds. The smallest absolute Gasteiger partial charge is 0.0220 e. The zero-order valence-corrected chi connectivity index (χ0v) is 8.76. The van der Waals surface area contributed by atoms with E-state index < -0.39 is 0 Å². The highest BCUT2D eigenvalue weighted by Gasteiger charge is 2.27. The van der Waals surface area contributed by atoms with E-state index in [2.05, 4.69) is 17.3 Å². The second-order valence-corrected chi connectivity index (χ2v) is 4.60. The Morgan fingerprint density at radius 2 is 1.77 bits per heavy atom. The molecule has 0 aromatic carbocycles. The van der Waals surface area contributed by atoms with Crippen LogP contribution in [0.3, 0.4) is 0 Å². The molecule has 1 aliphatic heterocycles. The molecule has 2 heteroatoms. The SMILES string of the molecule is CN(C1CCC1)C1CCCCNC1. The quantitative estimate of drug-likeness (QED) is 0.698. The van der Waals surface area contributed by atoms with Gasteiger partial charge in [-0.05, 0) is 39.3 Å². The molecule has 0 aromatic heterocycles. The Morgan fingerprint density at radius 1 is 1.00 bits per heavy atom. The third kappa shape index (κ3) is 2.23. The molecular formula is C11H22N2. The Bertz CT molecular complexity index is 146. The van der Waals surface area contributed by atoms with Crippen LogP contribution in [0.15, 0.2) is 0 Å². The summed E-state index contributed by atoms with van der Waals surface area (Å²) in [5, 5.41) is 3.54. The van der Waals surface area contributed by atoms with Crippen molar-refractivity contribution >= 4 is 0 Å². The first-order chi connectivity index (χ1) is 6.38. The van der Waals surface area contributed by atoms with E-state index in [1.54, 1.807) is 0 Å². The van der Waals surface area contributed by atoms with E-state index in [4.69, 9.17) is 0 Å². The molecule has 0 radical (unpaired) electrons. The summed E-state index contributed by atoms with van der Waals surface area (Å²) >= 11 is 0. The van der Waals surface area contributed by atoms with Crippen LogP contribution in [0, 0.1) is 0 Å². The molecule has 2 nitrogen and oxygen atoms in total. The van der Waals surface area contributed by atoms with E-state index in [0.29, 0.717) is 0 Å². The van der Waals surface area contributed by atoms with Gasteiger partial charge in [-0.3, -0.25) is 4.90 Å². The van der Waals surface area contributed by atoms with Crippen LogP contribution >= 0.6 is 0 Å². The van der Waals surface area contributed by atoms with Gasteiger partial charge in [0.05, 0.1) is 0 Å². The van der Waals surface area contributed by atoms with Gasteiger partial charge in [-0.1, -0.05) is 12.8 Å². The molecule has 1 heterocycles. The van der Waals surface area contributed by atoms with Gasteiger partial charge < -0.3 is 5.32 Å². The Labute approximate surface area is 81.7 Å². The topological polar surface area (TPSA) is 15.3 Å².